The summed E-state index contributed by atoms with van der Waals surface area (Å²) in [5.41, 5.74) is 5.59. The quantitative estimate of drug-likeness (QED) is 0.477. The maximum absolute atomic E-state index is 11.5. The van der Waals surface area contributed by atoms with Gasteiger partial charge in [0.25, 0.3) is 0 Å². The fraction of sp³-hybridized carbons (Fsp3) is 0.909. The molecule has 0 aromatic rings. The van der Waals surface area contributed by atoms with E-state index < -0.39 is 0 Å². The van der Waals surface area contributed by atoms with Gasteiger partial charge in [-0.15, -0.1) is 0 Å². The second-order valence-electron chi connectivity index (χ2n) is 4.30. The van der Waals surface area contributed by atoms with Crippen LogP contribution in [0.1, 0.15) is 20.3 Å². The zero-order valence-corrected chi connectivity index (χ0v) is 10.6. The van der Waals surface area contributed by atoms with E-state index >= 15 is 0 Å². The van der Waals surface area contributed by atoms with Gasteiger partial charge >= 0.3 is 0 Å². The van der Waals surface area contributed by atoms with Crippen LogP contribution in [0.15, 0.2) is 0 Å². The van der Waals surface area contributed by atoms with Gasteiger partial charge in [0.05, 0.1) is 13.2 Å². The van der Waals surface area contributed by atoms with Crippen molar-refractivity contribution < 1.29 is 9.53 Å². The van der Waals surface area contributed by atoms with Gasteiger partial charge in [0.15, 0.2) is 0 Å². The molecule has 0 aliphatic carbocycles. The monoisotopic (exact) mass is 231 g/mol. The fourth-order valence-electron chi connectivity index (χ4n) is 1.44. The molecule has 0 bridgehead atoms. The number of carbonyl (C=O) groups excluding carboxylic acids is 1. The highest BCUT2D eigenvalue weighted by Crippen LogP contribution is 2.02. The predicted molar refractivity (Wildman–Crippen MR) is 65.2 cm³/mol. The molecule has 0 rings (SSSR count). The van der Waals surface area contributed by atoms with Crippen LogP contribution in [0.3, 0.4) is 0 Å². The van der Waals surface area contributed by atoms with Gasteiger partial charge in [-0.1, -0.05) is 13.8 Å². The average molecular weight is 231 g/mol. The molecule has 0 spiro atoms. The maximum Gasteiger partial charge on any atom is 0.234 e. The van der Waals surface area contributed by atoms with E-state index in [0.717, 1.165) is 6.42 Å². The molecule has 5 heteroatoms. The van der Waals surface area contributed by atoms with Crippen molar-refractivity contribution in [1.82, 2.24) is 10.6 Å². The molecule has 0 aliphatic rings. The molecule has 0 aliphatic heterocycles. The first-order chi connectivity index (χ1) is 7.60. The summed E-state index contributed by atoms with van der Waals surface area (Å²) >= 11 is 0. The molecule has 1 unspecified atom stereocenters. The lowest BCUT2D eigenvalue weighted by molar-refractivity contribution is -0.121. The number of nitrogens with one attached hydrogen (secondary N) is 2. The largest absolute Gasteiger partial charge is 0.383 e. The number of nitrogens with two attached hydrogens (primary N) is 1. The summed E-state index contributed by atoms with van der Waals surface area (Å²) in [7, 11) is 1.63. The Labute approximate surface area is 98.1 Å². The summed E-state index contributed by atoms with van der Waals surface area (Å²) in [4.78, 5) is 11.5. The minimum absolute atomic E-state index is 0.00722. The normalized spacial score (nSPS) is 12.8. The minimum Gasteiger partial charge on any atom is -0.383 e. The molecule has 0 aromatic carbocycles. The van der Waals surface area contributed by atoms with Crippen LogP contribution in [0, 0.1) is 5.92 Å². The lowest BCUT2D eigenvalue weighted by Crippen LogP contribution is -2.45. The van der Waals surface area contributed by atoms with Gasteiger partial charge in [-0.05, 0) is 12.3 Å². The molecule has 0 heterocycles. The van der Waals surface area contributed by atoms with Crippen LogP contribution in [0.4, 0.5) is 0 Å². The van der Waals surface area contributed by atoms with Gasteiger partial charge in [0.1, 0.15) is 0 Å². The lowest BCUT2D eigenvalue weighted by Gasteiger charge is -2.18. The van der Waals surface area contributed by atoms with Crippen LogP contribution in [-0.2, 0) is 9.53 Å². The maximum atomic E-state index is 11.5. The van der Waals surface area contributed by atoms with Gasteiger partial charge in [0, 0.05) is 26.2 Å². The van der Waals surface area contributed by atoms with Crippen molar-refractivity contribution in [3.8, 4) is 0 Å². The van der Waals surface area contributed by atoms with E-state index in [0.29, 0.717) is 32.2 Å². The summed E-state index contributed by atoms with van der Waals surface area (Å²) in [5.74, 6) is 0.530. The minimum atomic E-state index is -0.00722. The highest BCUT2D eigenvalue weighted by Gasteiger charge is 2.11. The van der Waals surface area contributed by atoms with E-state index in [1.807, 2.05) is 0 Å². The van der Waals surface area contributed by atoms with E-state index in [9.17, 15) is 4.79 Å². The second kappa shape index (κ2) is 9.57. The number of amides is 1. The van der Waals surface area contributed by atoms with Crippen LogP contribution in [0.2, 0.25) is 0 Å². The molecule has 0 radical (unpaired) electrons. The van der Waals surface area contributed by atoms with E-state index in [2.05, 4.69) is 24.5 Å². The van der Waals surface area contributed by atoms with E-state index in [4.69, 9.17) is 10.5 Å². The van der Waals surface area contributed by atoms with Gasteiger partial charge in [-0.25, -0.2) is 0 Å². The van der Waals surface area contributed by atoms with Crippen molar-refractivity contribution in [1.29, 1.82) is 0 Å². The molecule has 0 saturated carbocycles. The zero-order chi connectivity index (χ0) is 12.4. The van der Waals surface area contributed by atoms with Crippen LogP contribution in [0.5, 0.6) is 0 Å². The Kier molecular flexibility index (Phi) is 9.18. The summed E-state index contributed by atoms with van der Waals surface area (Å²) in [5, 5.41) is 5.90. The molecule has 1 atom stereocenters. The Morgan fingerprint density at radius 1 is 1.44 bits per heavy atom. The van der Waals surface area contributed by atoms with Crippen LogP contribution in [-0.4, -0.2) is 45.3 Å². The van der Waals surface area contributed by atoms with Crippen LogP contribution < -0.4 is 16.4 Å². The van der Waals surface area contributed by atoms with Crippen LogP contribution >= 0.6 is 0 Å². The average Bonchev–Trinajstić information content (AvgIpc) is 2.23. The van der Waals surface area contributed by atoms with E-state index in [1.165, 1.54) is 0 Å². The molecule has 4 N–H and O–H groups in total. The fourth-order valence-corrected chi connectivity index (χ4v) is 1.44. The first-order valence-corrected chi connectivity index (χ1v) is 5.79. The molecule has 1 amide bonds. The first kappa shape index (κ1) is 15.3. The first-order valence-electron chi connectivity index (χ1n) is 5.79. The molecular weight excluding hydrogens is 206 g/mol. The molecule has 0 saturated heterocycles. The summed E-state index contributed by atoms with van der Waals surface area (Å²) < 4.78 is 4.86. The number of methoxy groups -OCH3 is 1. The lowest BCUT2D eigenvalue weighted by atomic mass is 10.0. The number of carbonyl (C=O) groups is 1. The summed E-state index contributed by atoms with van der Waals surface area (Å²) in [6.45, 7) is 6.33. The zero-order valence-electron chi connectivity index (χ0n) is 10.6. The van der Waals surface area contributed by atoms with Gasteiger partial charge in [-0.2, -0.15) is 0 Å². The predicted octanol–water partition coefficient (Wildman–Crippen LogP) is -0.288. The molecule has 96 valence electrons. The summed E-state index contributed by atoms with van der Waals surface area (Å²) in [6, 6.07) is 0.0803. The Morgan fingerprint density at radius 3 is 2.62 bits per heavy atom. The standard InChI is InChI=1S/C11H25N3O2/c1-9(2)6-10(7-12)14-11(15)8-13-4-5-16-3/h9-10,13H,4-8,12H2,1-3H3,(H,14,15). The summed E-state index contributed by atoms with van der Waals surface area (Å²) in [6.07, 6.45) is 0.917. The Balaban J connectivity index is 3.66. The van der Waals surface area contributed by atoms with Crippen molar-refractivity contribution in [3.63, 3.8) is 0 Å². The molecule has 16 heavy (non-hydrogen) atoms. The number of rotatable bonds is 9. The van der Waals surface area contributed by atoms with Crippen molar-refractivity contribution in [3.05, 3.63) is 0 Å². The van der Waals surface area contributed by atoms with Gasteiger partial charge in [-0.3, -0.25) is 4.79 Å². The van der Waals surface area contributed by atoms with Crippen molar-refractivity contribution in [2.45, 2.75) is 26.3 Å². The molecular formula is C11H25N3O2. The Hall–Kier alpha value is -0.650. The molecule has 5 nitrogen and oxygen atoms in total. The Morgan fingerprint density at radius 2 is 2.12 bits per heavy atom. The van der Waals surface area contributed by atoms with Crippen molar-refractivity contribution >= 4 is 5.91 Å². The highest BCUT2D eigenvalue weighted by molar-refractivity contribution is 5.78. The number of hydrogen-bond donors (Lipinski definition) is 3. The van der Waals surface area contributed by atoms with E-state index in [1.54, 1.807) is 7.11 Å². The number of ether oxygens (including phenoxy) is 1. The second-order valence-corrected chi connectivity index (χ2v) is 4.30. The van der Waals surface area contributed by atoms with Crippen molar-refractivity contribution in [2.24, 2.45) is 11.7 Å². The van der Waals surface area contributed by atoms with Crippen molar-refractivity contribution in [2.75, 3.05) is 33.4 Å². The Bertz CT molecular complexity index is 186. The van der Waals surface area contributed by atoms with E-state index in [-0.39, 0.29) is 11.9 Å². The third kappa shape index (κ3) is 8.64. The topological polar surface area (TPSA) is 76.4 Å². The molecule has 0 fully saturated rings. The van der Waals surface area contributed by atoms with Crippen LogP contribution in [0.25, 0.3) is 0 Å². The molecule has 0 aromatic heterocycles. The van der Waals surface area contributed by atoms with Gasteiger partial charge in [0.2, 0.25) is 5.91 Å². The third-order valence-corrected chi connectivity index (χ3v) is 2.17. The smallest absolute Gasteiger partial charge is 0.234 e. The SMILES string of the molecule is COCCNCC(=O)NC(CN)CC(C)C. The van der Waals surface area contributed by atoms with Gasteiger partial charge < -0.3 is 21.1 Å². The highest BCUT2D eigenvalue weighted by atomic mass is 16.5. The third-order valence-electron chi connectivity index (χ3n) is 2.17. The number of hydrogen-bond acceptors (Lipinski definition) is 4.